The number of carbonyl (C=O) groups excluding carboxylic acids is 1. The number of aromatic hydroxyl groups is 2. The molecule has 0 saturated heterocycles. The Morgan fingerprint density at radius 3 is 2.48 bits per heavy atom. The number of hydrogen-bond donors (Lipinski definition) is 3. The predicted molar refractivity (Wildman–Crippen MR) is 118 cm³/mol. The summed E-state index contributed by atoms with van der Waals surface area (Å²) in [5.41, 5.74) is 4.38. The van der Waals surface area contributed by atoms with E-state index in [0.717, 1.165) is 44.1 Å². The van der Waals surface area contributed by atoms with Crippen LogP contribution in [0.15, 0.2) is 29.4 Å². The molecule has 1 rings (SSSR count). The van der Waals surface area contributed by atoms with Crippen LogP contribution in [-0.4, -0.2) is 23.4 Å². The number of carbonyl (C=O) groups is 1. The molecule has 1 amide bonds. The summed E-state index contributed by atoms with van der Waals surface area (Å²) in [6.07, 6.45) is 9.85. The Balaban J connectivity index is 3.07. The second-order valence-electron chi connectivity index (χ2n) is 7.72. The van der Waals surface area contributed by atoms with E-state index >= 15 is 0 Å². The average Bonchev–Trinajstić information content (AvgIpc) is 2.66. The Morgan fingerprint density at radius 1 is 1.14 bits per heavy atom. The van der Waals surface area contributed by atoms with Crippen molar-refractivity contribution in [2.75, 3.05) is 7.05 Å². The lowest BCUT2D eigenvalue weighted by Crippen LogP contribution is -2.19. The van der Waals surface area contributed by atoms with Crippen LogP contribution in [0.2, 0.25) is 0 Å². The molecular formula is C24H37NO4. The van der Waals surface area contributed by atoms with Crippen LogP contribution >= 0.6 is 0 Å². The fourth-order valence-electron chi connectivity index (χ4n) is 3.12. The molecule has 0 aromatic heterocycles. The third-order valence-electron chi connectivity index (χ3n) is 4.93. The van der Waals surface area contributed by atoms with Gasteiger partial charge in [-0.25, -0.2) is 4.79 Å². The minimum absolute atomic E-state index is 0.0220. The molecule has 0 saturated carbocycles. The molecule has 0 radical (unpaired) electrons. The van der Waals surface area contributed by atoms with Crippen molar-refractivity contribution in [3.05, 3.63) is 46.1 Å². The van der Waals surface area contributed by atoms with Crippen molar-refractivity contribution < 1.29 is 19.7 Å². The zero-order chi connectivity index (χ0) is 21.8. The van der Waals surface area contributed by atoms with Gasteiger partial charge in [0.25, 0.3) is 0 Å². The maximum absolute atomic E-state index is 11.5. The van der Waals surface area contributed by atoms with E-state index < -0.39 is 6.09 Å². The van der Waals surface area contributed by atoms with Gasteiger partial charge in [-0.05, 0) is 64.5 Å². The molecule has 0 aliphatic carbocycles. The van der Waals surface area contributed by atoms with Crippen LogP contribution in [0, 0.1) is 0 Å². The SMILES string of the molecule is CCCCCc1cc(O)c(C/C=C(\C)CCC=C(C)C)c(O)c1COC(=O)NC. The molecule has 0 heterocycles. The van der Waals surface area contributed by atoms with Gasteiger partial charge in [-0.3, -0.25) is 0 Å². The van der Waals surface area contributed by atoms with E-state index in [4.69, 9.17) is 4.74 Å². The van der Waals surface area contributed by atoms with Crippen molar-refractivity contribution in [3.8, 4) is 11.5 Å². The van der Waals surface area contributed by atoms with Gasteiger partial charge >= 0.3 is 6.09 Å². The molecule has 0 spiro atoms. The molecular weight excluding hydrogens is 366 g/mol. The summed E-state index contributed by atoms with van der Waals surface area (Å²) in [5.74, 6) is 0.111. The number of rotatable bonds is 11. The summed E-state index contributed by atoms with van der Waals surface area (Å²) in [7, 11) is 1.50. The van der Waals surface area contributed by atoms with Gasteiger partial charge in [0.1, 0.15) is 18.1 Å². The van der Waals surface area contributed by atoms with E-state index in [1.54, 1.807) is 6.07 Å². The van der Waals surface area contributed by atoms with Crippen molar-refractivity contribution in [2.24, 2.45) is 0 Å². The maximum atomic E-state index is 11.5. The third-order valence-corrected chi connectivity index (χ3v) is 4.93. The predicted octanol–water partition coefficient (Wildman–Crippen LogP) is 5.92. The lowest BCUT2D eigenvalue weighted by molar-refractivity contribution is 0.140. The number of ether oxygens (including phenoxy) is 1. The molecule has 0 unspecified atom stereocenters. The van der Waals surface area contributed by atoms with E-state index in [-0.39, 0.29) is 18.1 Å². The minimum Gasteiger partial charge on any atom is -0.508 e. The van der Waals surface area contributed by atoms with Gasteiger partial charge < -0.3 is 20.3 Å². The number of hydrogen-bond acceptors (Lipinski definition) is 4. The molecule has 3 N–H and O–H groups in total. The highest BCUT2D eigenvalue weighted by Crippen LogP contribution is 2.36. The average molecular weight is 404 g/mol. The van der Waals surface area contributed by atoms with Gasteiger partial charge in [-0.2, -0.15) is 0 Å². The number of nitrogens with one attached hydrogen (secondary N) is 1. The monoisotopic (exact) mass is 403 g/mol. The molecule has 0 atom stereocenters. The molecule has 0 bridgehead atoms. The van der Waals surface area contributed by atoms with Crippen molar-refractivity contribution in [2.45, 2.75) is 79.2 Å². The molecule has 1 aromatic rings. The van der Waals surface area contributed by atoms with E-state index in [9.17, 15) is 15.0 Å². The largest absolute Gasteiger partial charge is 0.508 e. The first kappa shape index (κ1) is 24.6. The molecule has 162 valence electrons. The highest BCUT2D eigenvalue weighted by Gasteiger charge is 2.18. The highest BCUT2D eigenvalue weighted by molar-refractivity contribution is 5.67. The fourth-order valence-corrected chi connectivity index (χ4v) is 3.12. The Labute approximate surface area is 175 Å². The van der Waals surface area contributed by atoms with Crippen molar-refractivity contribution in [1.82, 2.24) is 5.32 Å². The number of allylic oxidation sites excluding steroid dienone is 4. The van der Waals surface area contributed by atoms with Crippen LogP contribution in [-0.2, 0) is 24.2 Å². The zero-order valence-electron chi connectivity index (χ0n) is 18.6. The summed E-state index contributed by atoms with van der Waals surface area (Å²) in [5, 5.41) is 23.8. The van der Waals surface area contributed by atoms with Crippen LogP contribution in [0.1, 0.15) is 76.5 Å². The van der Waals surface area contributed by atoms with Gasteiger partial charge in [0.15, 0.2) is 0 Å². The van der Waals surface area contributed by atoms with Gasteiger partial charge in [0, 0.05) is 18.2 Å². The van der Waals surface area contributed by atoms with E-state index in [1.807, 2.05) is 6.08 Å². The summed E-state index contributed by atoms with van der Waals surface area (Å²) < 4.78 is 5.19. The van der Waals surface area contributed by atoms with E-state index in [2.05, 4.69) is 39.1 Å². The number of benzene rings is 1. The lowest BCUT2D eigenvalue weighted by Gasteiger charge is -2.16. The van der Waals surface area contributed by atoms with Crippen molar-refractivity contribution in [3.63, 3.8) is 0 Å². The highest BCUT2D eigenvalue weighted by atomic mass is 16.5. The Bertz CT molecular complexity index is 731. The Kier molecular flexibility index (Phi) is 11.0. The zero-order valence-corrected chi connectivity index (χ0v) is 18.6. The second-order valence-corrected chi connectivity index (χ2v) is 7.72. The third kappa shape index (κ3) is 8.63. The lowest BCUT2D eigenvalue weighted by atomic mass is 9.95. The summed E-state index contributed by atoms with van der Waals surface area (Å²) >= 11 is 0. The number of phenolic OH excluding ortho intramolecular Hbond substituents is 2. The minimum atomic E-state index is -0.548. The van der Waals surface area contributed by atoms with E-state index in [1.165, 1.54) is 18.2 Å². The fraction of sp³-hybridized carbons (Fsp3) is 0.542. The van der Waals surface area contributed by atoms with Gasteiger partial charge in [0.05, 0.1) is 0 Å². The van der Waals surface area contributed by atoms with Gasteiger partial charge in [0.2, 0.25) is 0 Å². The van der Waals surface area contributed by atoms with Crippen LogP contribution < -0.4 is 5.32 Å². The molecule has 0 aliphatic heterocycles. The first-order valence-electron chi connectivity index (χ1n) is 10.5. The standard InChI is InChI=1S/C24H37NO4/c1-6-7-8-12-19-15-22(26)20(14-13-18(4)11-9-10-17(2)3)23(27)21(19)16-29-24(28)25-5/h10,13,15,26-27H,6-9,11-12,14,16H2,1-5H3,(H,25,28)/b18-13+. The van der Waals surface area contributed by atoms with Crippen molar-refractivity contribution in [1.29, 1.82) is 0 Å². The number of unbranched alkanes of at least 4 members (excludes halogenated alkanes) is 2. The number of alkyl carbamates (subject to hydrolysis) is 1. The van der Waals surface area contributed by atoms with Gasteiger partial charge in [-0.1, -0.05) is 43.1 Å². The summed E-state index contributed by atoms with van der Waals surface area (Å²) in [4.78, 5) is 11.5. The van der Waals surface area contributed by atoms with Crippen molar-refractivity contribution >= 4 is 6.09 Å². The van der Waals surface area contributed by atoms with Crippen LogP contribution in [0.4, 0.5) is 4.79 Å². The van der Waals surface area contributed by atoms with Crippen LogP contribution in [0.5, 0.6) is 11.5 Å². The Morgan fingerprint density at radius 2 is 1.86 bits per heavy atom. The maximum Gasteiger partial charge on any atom is 0.407 e. The van der Waals surface area contributed by atoms with Crippen LogP contribution in [0.25, 0.3) is 0 Å². The smallest absolute Gasteiger partial charge is 0.407 e. The first-order chi connectivity index (χ1) is 13.8. The molecule has 5 heteroatoms. The molecule has 0 fully saturated rings. The van der Waals surface area contributed by atoms with Gasteiger partial charge in [-0.15, -0.1) is 0 Å². The summed E-state index contributed by atoms with van der Waals surface area (Å²) in [6.45, 7) is 8.32. The Hall–Kier alpha value is -2.43. The normalized spacial score (nSPS) is 11.3. The van der Waals surface area contributed by atoms with Crippen LogP contribution in [0.3, 0.4) is 0 Å². The second kappa shape index (κ2) is 12.9. The summed E-state index contributed by atoms with van der Waals surface area (Å²) in [6, 6.07) is 1.71. The number of aryl methyl sites for hydroxylation is 1. The quantitative estimate of drug-likeness (QED) is 0.316. The first-order valence-corrected chi connectivity index (χ1v) is 10.5. The molecule has 5 nitrogen and oxygen atoms in total. The number of amides is 1. The number of phenols is 2. The van der Waals surface area contributed by atoms with E-state index in [0.29, 0.717) is 17.5 Å². The molecule has 29 heavy (non-hydrogen) atoms. The topological polar surface area (TPSA) is 78.8 Å². The molecule has 1 aromatic carbocycles. The molecule has 0 aliphatic rings.